The summed E-state index contributed by atoms with van der Waals surface area (Å²) in [4.78, 5) is 11.0. The third kappa shape index (κ3) is 2.48. The van der Waals surface area contributed by atoms with E-state index >= 15 is 0 Å². The highest BCUT2D eigenvalue weighted by Gasteiger charge is 2.24. The fourth-order valence-electron chi connectivity index (χ4n) is 1.02. The third-order valence-corrected chi connectivity index (χ3v) is 1.55. The van der Waals surface area contributed by atoms with Crippen molar-refractivity contribution in [1.29, 1.82) is 0 Å². The van der Waals surface area contributed by atoms with Gasteiger partial charge in [-0.3, -0.25) is 0 Å². The first-order chi connectivity index (χ1) is 5.34. The molecule has 0 aromatic heterocycles. The molecule has 2 N–H and O–H groups in total. The smallest absolute Gasteiger partial charge is 0.335 e. The predicted molar refractivity (Wildman–Crippen MR) is 39.0 cm³/mol. The number of hydrogen-bond acceptors (Lipinski definition) is 4. The van der Waals surface area contributed by atoms with Crippen molar-refractivity contribution in [1.82, 2.24) is 0 Å². The third-order valence-electron chi connectivity index (χ3n) is 1.55. The number of carbonyl (C=O) groups is 1. The van der Waals surface area contributed by atoms with E-state index in [9.17, 15) is 4.79 Å². The van der Waals surface area contributed by atoms with Crippen LogP contribution in [-0.2, 0) is 14.3 Å². The zero-order valence-electron chi connectivity index (χ0n) is 6.41. The van der Waals surface area contributed by atoms with Gasteiger partial charge >= 0.3 is 5.97 Å². The minimum Gasteiger partial charge on any atom is -0.462 e. The van der Waals surface area contributed by atoms with E-state index in [1.165, 1.54) is 0 Å². The molecule has 1 atom stereocenters. The van der Waals surface area contributed by atoms with E-state index in [0.717, 1.165) is 12.8 Å². The highest BCUT2D eigenvalue weighted by atomic mass is 16.6. The summed E-state index contributed by atoms with van der Waals surface area (Å²) in [6.45, 7) is 1.33. The van der Waals surface area contributed by atoms with Crippen LogP contribution in [-0.4, -0.2) is 31.8 Å². The quantitative estimate of drug-likeness (QED) is 0.573. The number of ether oxygens (including phenoxy) is 2. The minimum absolute atomic E-state index is 0.270. The van der Waals surface area contributed by atoms with Crippen molar-refractivity contribution in [3.63, 3.8) is 0 Å². The molecule has 1 unspecified atom stereocenters. The van der Waals surface area contributed by atoms with Crippen LogP contribution in [0.2, 0.25) is 0 Å². The highest BCUT2D eigenvalue weighted by Crippen LogP contribution is 2.12. The summed E-state index contributed by atoms with van der Waals surface area (Å²) in [5.74, 6) is -0.270. The van der Waals surface area contributed by atoms with Crippen LogP contribution >= 0.6 is 0 Å². The van der Waals surface area contributed by atoms with Gasteiger partial charge in [0.05, 0.1) is 0 Å². The van der Waals surface area contributed by atoms with Crippen molar-refractivity contribution >= 4 is 5.97 Å². The molecule has 11 heavy (non-hydrogen) atoms. The van der Waals surface area contributed by atoms with Gasteiger partial charge in [-0.2, -0.15) is 0 Å². The van der Waals surface area contributed by atoms with Gasteiger partial charge in [-0.05, 0) is 12.8 Å². The summed E-state index contributed by atoms with van der Waals surface area (Å²) in [6.07, 6.45) is 1.40. The van der Waals surface area contributed by atoms with Crippen molar-refractivity contribution in [3.8, 4) is 0 Å². The maximum Gasteiger partial charge on any atom is 0.335 e. The van der Waals surface area contributed by atoms with Crippen LogP contribution in [0.5, 0.6) is 0 Å². The van der Waals surface area contributed by atoms with Gasteiger partial charge in [-0.1, -0.05) is 0 Å². The van der Waals surface area contributed by atoms with Gasteiger partial charge in [-0.15, -0.1) is 0 Å². The monoisotopic (exact) mass is 159 g/mol. The molecule has 0 saturated carbocycles. The largest absolute Gasteiger partial charge is 0.462 e. The second-order valence-corrected chi connectivity index (χ2v) is 2.46. The second-order valence-electron chi connectivity index (χ2n) is 2.46. The van der Waals surface area contributed by atoms with Gasteiger partial charge < -0.3 is 15.2 Å². The van der Waals surface area contributed by atoms with Gasteiger partial charge in [0.25, 0.3) is 0 Å². The summed E-state index contributed by atoms with van der Waals surface area (Å²) in [5, 5.41) is 0. The average molecular weight is 159 g/mol. The van der Waals surface area contributed by atoms with E-state index in [4.69, 9.17) is 15.2 Å². The molecule has 1 aliphatic heterocycles. The Hall–Kier alpha value is -0.610. The first kappa shape index (κ1) is 8.49. The number of hydrogen-bond donors (Lipinski definition) is 1. The van der Waals surface area contributed by atoms with Crippen LogP contribution in [0.1, 0.15) is 12.8 Å². The van der Waals surface area contributed by atoms with Crippen LogP contribution in [0.25, 0.3) is 0 Å². The lowest BCUT2D eigenvalue weighted by Gasteiger charge is -2.07. The van der Waals surface area contributed by atoms with Crippen molar-refractivity contribution in [3.05, 3.63) is 0 Å². The summed E-state index contributed by atoms with van der Waals surface area (Å²) >= 11 is 0. The Morgan fingerprint density at radius 3 is 3.09 bits per heavy atom. The molecule has 1 aliphatic rings. The van der Waals surface area contributed by atoms with Gasteiger partial charge in [0.15, 0.2) is 6.10 Å². The molecule has 1 rings (SSSR count). The topological polar surface area (TPSA) is 61.5 Å². The van der Waals surface area contributed by atoms with Gasteiger partial charge in [0.1, 0.15) is 6.61 Å². The number of esters is 1. The first-order valence-corrected chi connectivity index (χ1v) is 3.83. The average Bonchev–Trinajstić information content (AvgIpc) is 2.52. The number of carbonyl (C=O) groups excluding carboxylic acids is 1. The van der Waals surface area contributed by atoms with Gasteiger partial charge in [0, 0.05) is 13.2 Å². The molecule has 0 amide bonds. The molecule has 0 bridgehead atoms. The SMILES string of the molecule is NCCOC(=O)C1CCCO1. The Morgan fingerprint density at radius 1 is 1.73 bits per heavy atom. The van der Waals surface area contributed by atoms with E-state index in [1.807, 2.05) is 0 Å². The lowest BCUT2D eigenvalue weighted by molar-refractivity contribution is -0.153. The molecule has 64 valence electrons. The molecule has 0 aromatic carbocycles. The standard InChI is InChI=1S/C7H13NO3/c8-3-5-11-7(9)6-2-1-4-10-6/h6H,1-5,8H2. The van der Waals surface area contributed by atoms with Crippen molar-refractivity contribution in [2.24, 2.45) is 5.73 Å². The zero-order valence-corrected chi connectivity index (χ0v) is 6.41. The normalized spacial score (nSPS) is 23.5. The highest BCUT2D eigenvalue weighted by molar-refractivity contribution is 5.74. The summed E-state index contributed by atoms with van der Waals surface area (Å²) in [6, 6.07) is 0. The van der Waals surface area contributed by atoms with Crippen LogP contribution in [0.15, 0.2) is 0 Å². The minimum atomic E-state index is -0.332. The maximum absolute atomic E-state index is 11.0. The van der Waals surface area contributed by atoms with Crippen molar-refractivity contribution in [2.75, 3.05) is 19.8 Å². The molecule has 0 spiro atoms. The Balaban J connectivity index is 2.17. The van der Waals surface area contributed by atoms with Gasteiger partial charge in [0.2, 0.25) is 0 Å². The molecule has 1 heterocycles. The number of nitrogens with two attached hydrogens (primary N) is 1. The fourth-order valence-corrected chi connectivity index (χ4v) is 1.02. The molecular formula is C7H13NO3. The summed E-state index contributed by atoms with van der Waals surface area (Å²) in [5.41, 5.74) is 5.16. The number of rotatable bonds is 3. The molecule has 1 saturated heterocycles. The predicted octanol–water partition coefficient (Wildman–Crippen LogP) is -0.333. The van der Waals surface area contributed by atoms with Crippen LogP contribution in [0, 0.1) is 0 Å². The lowest BCUT2D eigenvalue weighted by Crippen LogP contribution is -2.24. The molecular weight excluding hydrogens is 146 g/mol. The molecule has 0 aromatic rings. The van der Waals surface area contributed by atoms with Crippen LogP contribution in [0.3, 0.4) is 0 Å². The molecule has 1 fully saturated rings. The molecule has 4 heteroatoms. The zero-order chi connectivity index (χ0) is 8.10. The summed E-state index contributed by atoms with van der Waals surface area (Å²) < 4.78 is 9.88. The van der Waals surface area contributed by atoms with E-state index in [1.54, 1.807) is 0 Å². The van der Waals surface area contributed by atoms with E-state index in [0.29, 0.717) is 19.8 Å². The van der Waals surface area contributed by atoms with Crippen molar-refractivity contribution in [2.45, 2.75) is 18.9 Å². The van der Waals surface area contributed by atoms with E-state index < -0.39 is 0 Å². The lowest BCUT2D eigenvalue weighted by atomic mass is 10.2. The van der Waals surface area contributed by atoms with Crippen LogP contribution in [0.4, 0.5) is 0 Å². The molecule has 0 aliphatic carbocycles. The molecule has 0 radical (unpaired) electrons. The summed E-state index contributed by atoms with van der Waals surface area (Å²) in [7, 11) is 0. The fraction of sp³-hybridized carbons (Fsp3) is 0.857. The first-order valence-electron chi connectivity index (χ1n) is 3.83. The van der Waals surface area contributed by atoms with E-state index in [-0.39, 0.29) is 12.1 Å². The van der Waals surface area contributed by atoms with E-state index in [2.05, 4.69) is 0 Å². The molecule has 4 nitrogen and oxygen atoms in total. The van der Waals surface area contributed by atoms with Crippen LogP contribution < -0.4 is 5.73 Å². The Kier molecular flexibility index (Phi) is 3.32. The Bertz CT molecular complexity index is 132. The second kappa shape index (κ2) is 4.31. The maximum atomic E-state index is 11.0. The Labute approximate surface area is 65.7 Å². The van der Waals surface area contributed by atoms with Gasteiger partial charge in [-0.25, -0.2) is 4.79 Å². The Morgan fingerprint density at radius 2 is 2.55 bits per heavy atom. The van der Waals surface area contributed by atoms with Crippen molar-refractivity contribution < 1.29 is 14.3 Å².